The Hall–Kier alpha value is -0.830. The topological polar surface area (TPSA) is 49.3 Å². The number of carbonyl (C=O) groups excluding carboxylic acids is 1. The molecule has 0 rings (SSSR count). The van der Waals surface area contributed by atoms with Crippen LogP contribution in [0, 0.1) is 0 Å². The molecule has 0 aromatic heterocycles. The molecule has 0 bridgehead atoms. The summed E-state index contributed by atoms with van der Waals surface area (Å²) < 4.78 is 0. The van der Waals surface area contributed by atoms with Crippen molar-refractivity contribution in [3.63, 3.8) is 0 Å². The van der Waals surface area contributed by atoms with E-state index in [0.717, 1.165) is 12.8 Å². The van der Waals surface area contributed by atoms with Crippen LogP contribution >= 0.6 is 0 Å². The molecule has 0 aliphatic heterocycles. The molecule has 1 atom stereocenters. The SMILES string of the molecule is C=CCCCCCCCCCCCCCCCCCCCCC(=O)NC(C)CO. The van der Waals surface area contributed by atoms with E-state index in [0.29, 0.717) is 6.42 Å². The summed E-state index contributed by atoms with van der Waals surface area (Å²) in [6, 6.07) is -0.120. The molecular formula is C26H51NO2. The first kappa shape index (κ1) is 28.2. The van der Waals surface area contributed by atoms with Crippen molar-refractivity contribution in [1.82, 2.24) is 5.32 Å². The Morgan fingerprint density at radius 1 is 0.724 bits per heavy atom. The minimum atomic E-state index is -0.120. The number of aliphatic hydroxyl groups excluding tert-OH is 1. The zero-order chi connectivity index (χ0) is 21.4. The van der Waals surface area contributed by atoms with Crippen molar-refractivity contribution >= 4 is 5.91 Å². The fourth-order valence-electron chi connectivity index (χ4n) is 3.80. The number of rotatable bonds is 23. The molecule has 3 heteroatoms. The molecule has 0 saturated carbocycles. The Balaban J connectivity index is 3.10. The fourth-order valence-corrected chi connectivity index (χ4v) is 3.80. The maximum Gasteiger partial charge on any atom is 0.220 e. The molecule has 0 aliphatic rings. The van der Waals surface area contributed by atoms with Gasteiger partial charge in [0.1, 0.15) is 0 Å². The van der Waals surface area contributed by atoms with Crippen molar-refractivity contribution < 1.29 is 9.90 Å². The maximum absolute atomic E-state index is 11.6. The first-order valence-corrected chi connectivity index (χ1v) is 12.7. The second kappa shape index (κ2) is 23.4. The summed E-state index contributed by atoms with van der Waals surface area (Å²) in [5.41, 5.74) is 0. The van der Waals surface area contributed by atoms with Gasteiger partial charge in [0, 0.05) is 12.5 Å². The smallest absolute Gasteiger partial charge is 0.220 e. The van der Waals surface area contributed by atoms with E-state index in [-0.39, 0.29) is 18.6 Å². The third-order valence-corrected chi connectivity index (χ3v) is 5.74. The van der Waals surface area contributed by atoms with Crippen LogP contribution in [0.15, 0.2) is 12.7 Å². The lowest BCUT2D eigenvalue weighted by Crippen LogP contribution is -2.34. The van der Waals surface area contributed by atoms with Crippen LogP contribution in [0.4, 0.5) is 0 Å². The zero-order valence-electron chi connectivity index (χ0n) is 19.6. The van der Waals surface area contributed by atoms with Crippen molar-refractivity contribution in [1.29, 1.82) is 0 Å². The number of aliphatic hydroxyl groups is 1. The number of allylic oxidation sites excluding steroid dienone is 1. The van der Waals surface area contributed by atoms with E-state index in [4.69, 9.17) is 5.11 Å². The Morgan fingerprint density at radius 2 is 1.07 bits per heavy atom. The van der Waals surface area contributed by atoms with Crippen LogP contribution in [0.2, 0.25) is 0 Å². The Labute approximate surface area is 182 Å². The monoisotopic (exact) mass is 409 g/mol. The van der Waals surface area contributed by atoms with Gasteiger partial charge in [0.05, 0.1) is 6.61 Å². The van der Waals surface area contributed by atoms with Crippen LogP contribution in [0.1, 0.15) is 135 Å². The van der Waals surface area contributed by atoms with Gasteiger partial charge in [-0.15, -0.1) is 6.58 Å². The van der Waals surface area contributed by atoms with E-state index in [1.165, 1.54) is 109 Å². The number of amides is 1. The molecule has 172 valence electrons. The summed E-state index contributed by atoms with van der Waals surface area (Å²) in [5.74, 6) is 0.0748. The van der Waals surface area contributed by atoms with Crippen LogP contribution in [0.3, 0.4) is 0 Å². The molecule has 0 heterocycles. The summed E-state index contributed by atoms with van der Waals surface area (Å²) in [6.45, 7) is 5.62. The lowest BCUT2D eigenvalue weighted by molar-refractivity contribution is -0.122. The average molecular weight is 410 g/mol. The molecule has 0 spiro atoms. The second-order valence-electron chi connectivity index (χ2n) is 8.84. The standard InChI is InChI=1S/C26H51NO2/c1-3-4-5-6-7-8-9-10-11-12-13-14-15-16-17-18-19-20-21-22-23-26(29)27-25(2)24-28/h3,25,28H,1,4-24H2,2H3,(H,27,29). The number of nitrogens with one attached hydrogen (secondary N) is 1. The van der Waals surface area contributed by atoms with Crippen molar-refractivity contribution in [3.05, 3.63) is 12.7 Å². The molecule has 0 aliphatic carbocycles. The number of unbranched alkanes of at least 4 members (excludes halogenated alkanes) is 18. The van der Waals surface area contributed by atoms with Gasteiger partial charge >= 0.3 is 0 Å². The first-order valence-electron chi connectivity index (χ1n) is 12.7. The van der Waals surface area contributed by atoms with Gasteiger partial charge in [0.15, 0.2) is 0 Å². The van der Waals surface area contributed by atoms with Crippen LogP contribution in [-0.2, 0) is 4.79 Å². The molecule has 0 radical (unpaired) electrons. The minimum Gasteiger partial charge on any atom is -0.394 e. The maximum atomic E-state index is 11.6. The quantitative estimate of drug-likeness (QED) is 0.136. The predicted octanol–water partition coefficient (Wildman–Crippen LogP) is 7.47. The van der Waals surface area contributed by atoms with Gasteiger partial charge < -0.3 is 10.4 Å². The van der Waals surface area contributed by atoms with E-state index >= 15 is 0 Å². The molecule has 29 heavy (non-hydrogen) atoms. The van der Waals surface area contributed by atoms with Crippen LogP contribution < -0.4 is 5.32 Å². The highest BCUT2D eigenvalue weighted by molar-refractivity contribution is 5.76. The summed E-state index contributed by atoms with van der Waals surface area (Å²) in [7, 11) is 0. The van der Waals surface area contributed by atoms with Gasteiger partial charge in [-0.05, 0) is 26.2 Å². The highest BCUT2D eigenvalue weighted by Gasteiger charge is 2.05. The second-order valence-corrected chi connectivity index (χ2v) is 8.84. The molecule has 0 saturated heterocycles. The molecule has 0 aromatic carbocycles. The van der Waals surface area contributed by atoms with Gasteiger partial charge in [-0.2, -0.15) is 0 Å². The summed E-state index contributed by atoms with van der Waals surface area (Å²) >= 11 is 0. The molecule has 0 aromatic rings. The summed E-state index contributed by atoms with van der Waals surface area (Å²) in [6.07, 6.45) is 28.1. The molecule has 1 amide bonds. The normalized spacial score (nSPS) is 12.1. The van der Waals surface area contributed by atoms with Crippen LogP contribution in [-0.4, -0.2) is 23.7 Å². The first-order chi connectivity index (χ1) is 14.2. The van der Waals surface area contributed by atoms with Gasteiger partial charge in [0.25, 0.3) is 0 Å². The third-order valence-electron chi connectivity index (χ3n) is 5.74. The van der Waals surface area contributed by atoms with Crippen LogP contribution in [0.25, 0.3) is 0 Å². The van der Waals surface area contributed by atoms with Gasteiger partial charge in [-0.1, -0.05) is 109 Å². The lowest BCUT2D eigenvalue weighted by atomic mass is 10.0. The van der Waals surface area contributed by atoms with Crippen molar-refractivity contribution in [2.75, 3.05) is 6.61 Å². The number of hydrogen-bond donors (Lipinski definition) is 2. The summed E-state index contributed by atoms with van der Waals surface area (Å²) in [4.78, 5) is 11.6. The van der Waals surface area contributed by atoms with E-state index < -0.39 is 0 Å². The Morgan fingerprint density at radius 3 is 1.41 bits per heavy atom. The van der Waals surface area contributed by atoms with Gasteiger partial charge in [0.2, 0.25) is 5.91 Å². The highest BCUT2D eigenvalue weighted by Crippen LogP contribution is 2.14. The van der Waals surface area contributed by atoms with Crippen molar-refractivity contribution in [2.45, 2.75) is 141 Å². The average Bonchev–Trinajstić information content (AvgIpc) is 2.72. The van der Waals surface area contributed by atoms with E-state index in [1.807, 2.05) is 13.0 Å². The molecular weight excluding hydrogens is 358 g/mol. The molecule has 1 unspecified atom stereocenters. The predicted molar refractivity (Wildman–Crippen MR) is 127 cm³/mol. The Kier molecular flexibility index (Phi) is 22.8. The zero-order valence-corrected chi connectivity index (χ0v) is 19.6. The highest BCUT2D eigenvalue weighted by atomic mass is 16.3. The van der Waals surface area contributed by atoms with E-state index in [1.54, 1.807) is 0 Å². The Bertz CT molecular complexity index is 357. The fraction of sp³-hybridized carbons (Fsp3) is 0.885. The van der Waals surface area contributed by atoms with Crippen molar-refractivity contribution in [2.24, 2.45) is 0 Å². The molecule has 3 nitrogen and oxygen atoms in total. The number of carbonyl (C=O) groups is 1. The third kappa shape index (κ3) is 23.3. The van der Waals surface area contributed by atoms with Crippen LogP contribution in [0.5, 0.6) is 0 Å². The minimum absolute atomic E-state index is 0.0166. The van der Waals surface area contributed by atoms with Crippen molar-refractivity contribution in [3.8, 4) is 0 Å². The van der Waals surface area contributed by atoms with Gasteiger partial charge in [-0.3, -0.25) is 4.79 Å². The lowest BCUT2D eigenvalue weighted by Gasteiger charge is -2.10. The van der Waals surface area contributed by atoms with E-state index in [2.05, 4.69) is 11.9 Å². The number of hydrogen-bond acceptors (Lipinski definition) is 2. The largest absolute Gasteiger partial charge is 0.394 e. The molecule has 0 fully saturated rings. The van der Waals surface area contributed by atoms with Gasteiger partial charge in [-0.25, -0.2) is 0 Å². The summed E-state index contributed by atoms with van der Waals surface area (Å²) in [5, 5.41) is 11.7. The molecule has 2 N–H and O–H groups in total. The van der Waals surface area contributed by atoms with E-state index in [9.17, 15) is 4.79 Å².